The highest BCUT2D eigenvalue weighted by Crippen LogP contribution is 2.44. The van der Waals surface area contributed by atoms with Crippen molar-refractivity contribution in [2.24, 2.45) is 0 Å². The minimum Gasteiger partial charge on any atom is -0.274 e. The number of nitrogens with zero attached hydrogens (tertiary/aromatic N) is 3. The minimum absolute atomic E-state index is 0.286. The average Bonchev–Trinajstić information content (AvgIpc) is 3.41. The SMILES string of the molecule is CCCCCCCCn1c(=O)c2c(Br)c(Br)c3c(=O)n(CCCCCCCC)c(=O)c4c5sc(=CC#N)sc5c(c1=O)c2c34. The molecule has 11 heteroatoms. The summed E-state index contributed by atoms with van der Waals surface area (Å²) in [7, 11) is 0. The number of fused-ring (bicyclic) bond motifs is 3. The molecule has 0 bridgehead atoms. The molecule has 0 amide bonds. The molecule has 7 nitrogen and oxygen atoms in total. The number of hydrogen-bond acceptors (Lipinski definition) is 7. The second kappa shape index (κ2) is 14.4. The fraction of sp³-hybridized carbons (Fsp3) is 0.485. The third-order valence-electron chi connectivity index (χ3n) is 8.44. The number of nitriles is 1. The zero-order valence-electron chi connectivity index (χ0n) is 25.0. The number of hydrogen-bond donors (Lipinski definition) is 0. The van der Waals surface area contributed by atoms with E-state index in [0.717, 1.165) is 64.2 Å². The lowest BCUT2D eigenvalue weighted by Gasteiger charge is -2.17. The highest BCUT2D eigenvalue weighted by atomic mass is 79.9. The Hall–Kier alpha value is -2.39. The summed E-state index contributed by atoms with van der Waals surface area (Å²) in [5.41, 5.74) is -1.70. The fourth-order valence-corrected chi connectivity index (χ4v) is 9.86. The normalized spacial score (nSPS) is 11.9. The molecule has 0 radical (unpaired) electrons. The van der Waals surface area contributed by atoms with Crippen LogP contribution in [0.3, 0.4) is 0 Å². The maximum Gasteiger partial charge on any atom is 0.262 e. The third kappa shape index (κ3) is 5.83. The molecule has 0 atom stereocenters. The Morgan fingerprint density at radius 2 is 0.955 bits per heavy atom. The van der Waals surface area contributed by atoms with Crippen molar-refractivity contribution in [2.75, 3.05) is 0 Å². The van der Waals surface area contributed by atoms with Gasteiger partial charge in [-0.05, 0) is 44.7 Å². The Labute approximate surface area is 279 Å². The van der Waals surface area contributed by atoms with Gasteiger partial charge >= 0.3 is 0 Å². The van der Waals surface area contributed by atoms with Crippen LogP contribution >= 0.6 is 54.5 Å². The van der Waals surface area contributed by atoms with Gasteiger partial charge in [0.2, 0.25) is 0 Å². The minimum atomic E-state index is -0.432. The van der Waals surface area contributed by atoms with Crippen molar-refractivity contribution in [3.05, 3.63) is 54.2 Å². The van der Waals surface area contributed by atoms with E-state index < -0.39 is 22.2 Å². The Bertz CT molecular complexity index is 2050. The van der Waals surface area contributed by atoms with Crippen LogP contribution in [0.4, 0.5) is 0 Å². The standard InChI is InChI=1S/C33H35Br2N3O4S2/c1-3-5-7-9-11-13-17-37-30(39)22-20-21-23(27(35)26(22)34)31(40)38(18-14-12-10-8-6-4-2)33(42)25(21)29-28(24(20)32(37)41)43-19(44-29)15-16-36/h15H,3-14,17-18H2,1-2H3. The topological polar surface area (TPSA) is 102 Å². The molecule has 0 unspecified atom stereocenters. The van der Waals surface area contributed by atoms with Crippen LogP contribution in [0, 0.1) is 11.3 Å². The number of pyridine rings is 2. The predicted octanol–water partition coefficient (Wildman–Crippen LogP) is 8.17. The highest BCUT2D eigenvalue weighted by molar-refractivity contribution is 9.13. The summed E-state index contributed by atoms with van der Waals surface area (Å²) in [5.74, 6) is 0. The molecule has 5 rings (SSSR count). The molecule has 0 fully saturated rings. The van der Waals surface area contributed by atoms with E-state index in [1.807, 2.05) is 0 Å². The van der Waals surface area contributed by atoms with Crippen molar-refractivity contribution in [2.45, 2.75) is 104 Å². The van der Waals surface area contributed by atoms with Gasteiger partial charge in [-0.2, -0.15) is 5.26 Å². The van der Waals surface area contributed by atoms with E-state index in [2.05, 4.69) is 51.8 Å². The molecule has 0 aliphatic heterocycles. The van der Waals surface area contributed by atoms with E-state index in [-0.39, 0.29) is 23.9 Å². The number of benzene rings is 2. The first-order chi connectivity index (χ1) is 21.3. The van der Waals surface area contributed by atoms with E-state index in [0.29, 0.717) is 56.6 Å². The lowest BCUT2D eigenvalue weighted by atomic mass is 9.96. The lowest BCUT2D eigenvalue weighted by Crippen LogP contribution is -2.36. The van der Waals surface area contributed by atoms with Gasteiger partial charge in [-0.15, -0.1) is 22.7 Å². The Balaban J connectivity index is 1.82. The summed E-state index contributed by atoms with van der Waals surface area (Å²) in [4.78, 5) is 56.5. The number of aromatic nitrogens is 2. The molecule has 3 aromatic heterocycles. The van der Waals surface area contributed by atoms with Gasteiger partial charge in [-0.25, -0.2) is 0 Å². The van der Waals surface area contributed by atoms with Gasteiger partial charge in [0.1, 0.15) is 0 Å². The van der Waals surface area contributed by atoms with Crippen molar-refractivity contribution in [3.63, 3.8) is 0 Å². The summed E-state index contributed by atoms with van der Waals surface area (Å²) < 4.78 is 5.23. The highest BCUT2D eigenvalue weighted by Gasteiger charge is 2.29. The van der Waals surface area contributed by atoms with Crippen LogP contribution in [0.15, 0.2) is 28.1 Å². The smallest absolute Gasteiger partial charge is 0.262 e. The van der Waals surface area contributed by atoms with Gasteiger partial charge in [0.15, 0.2) is 0 Å². The quantitative estimate of drug-likeness (QED) is 0.0840. The monoisotopic (exact) mass is 759 g/mol. The Morgan fingerprint density at radius 3 is 1.34 bits per heavy atom. The van der Waals surface area contributed by atoms with E-state index in [4.69, 9.17) is 0 Å². The molecule has 0 saturated heterocycles. The van der Waals surface area contributed by atoms with Crippen molar-refractivity contribution in [1.29, 1.82) is 5.26 Å². The van der Waals surface area contributed by atoms with Crippen molar-refractivity contribution >= 4 is 102 Å². The number of halogens is 2. The Kier molecular flexibility index (Phi) is 10.8. The molecular weight excluding hydrogens is 726 g/mol. The summed E-state index contributed by atoms with van der Waals surface area (Å²) in [6.07, 6.45) is 13.6. The molecule has 232 valence electrons. The van der Waals surface area contributed by atoms with Crippen LogP contribution in [-0.4, -0.2) is 9.13 Å². The van der Waals surface area contributed by atoms with Gasteiger partial charge < -0.3 is 0 Å². The summed E-state index contributed by atoms with van der Waals surface area (Å²) in [6, 6.07) is 2.06. The lowest BCUT2D eigenvalue weighted by molar-refractivity contribution is 0.545. The first-order valence-electron chi connectivity index (χ1n) is 15.5. The number of unbranched alkanes of at least 4 members (excludes halogenated alkanes) is 10. The molecule has 0 spiro atoms. The summed E-state index contributed by atoms with van der Waals surface area (Å²) in [5, 5.41) is 11.4. The van der Waals surface area contributed by atoms with Crippen LogP contribution in [0.2, 0.25) is 0 Å². The second-order valence-electron chi connectivity index (χ2n) is 11.4. The first-order valence-corrected chi connectivity index (χ1v) is 18.7. The van der Waals surface area contributed by atoms with Crippen molar-refractivity contribution in [3.8, 4) is 6.07 Å². The maximum absolute atomic E-state index is 14.2. The second-order valence-corrected chi connectivity index (χ2v) is 15.3. The molecule has 0 aliphatic carbocycles. The van der Waals surface area contributed by atoms with E-state index in [1.54, 1.807) is 0 Å². The zero-order chi connectivity index (χ0) is 31.5. The van der Waals surface area contributed by atoms with E-state index >= 15 is 0 Å². The van der Waals surface area contributed by atoms with Gasteiger partial charge in [0.05, 0.1) is 40.9 Å². The van der Waals surface area contributed by atoms with Gasteiger partial charge in [0.25, 0.3) is 22.2 Å². The van der Waals surface area contributed by atoms with E-state index in [1.165, 1.54) is 37.9 Å². The third-order valence-corrected chi connectivity index (χ3v) is 13.0. The molecule has 3 heterocycles. The molecular formula is C33H35Br2N3O4S2. The molecule has 44 heavy (non-hydrogen) atoms. The van der Waals surface area contributed by atoms with Gasteiger partial charge in [-0.1, -0.05) is 78.1 Å². The van der Waals surface area contributed by atoms with E-state index in [9.17, 15) is 24.4 Å². The predicted molar refractivity (Wildman–Crippen MR) is 192 cm³/mol. The van der Waals surface area contributed by atoms with Crippen LogP contribution < -0.4 is 26.1 Å². The molecule has 0 aliphatic rings. The van der Waals surface area contributed by atoms with Crippen molar-refractivity contribution < 1.29 is 0 Å². The molecule has 0 saturated carbocycles. The maximum atomic E-state index is 14.2. The zero-order valence-corrected chi connectivity index (χ0v) is 29.8. The van der Waals surface area contributed by atoms with Crippen LogP contribution in [0.25, 0.3) is 47.8 Å². The van der Waals surface area contributed by atoms with Gasteiger partial charge in [-0.3, -0.25) is 28.3 Å². The summed E-state index contributed by atoms with van der Waals surface area (Å²) >= 11 is 9.77. The molecule has 2 aromatic carbocycles. The van der Waals surface area contributed by atoms with Crippen LogP contribution in [0.1, 0.15) is 90.9 Å². The Morgan fingerprint density at radius 1 is 0.591 bits per heavy atom. The summed E-state index contributed by atoms with van der Waals surface area (Å²) in [6.45, 7) is 4.90. The average molecular weight is 762 g/mol. The van der Waals surface area contributed by atoms with Gasteiger partial charge in [0, 0.05) is 38.9 Å². The molecule has 0 N–H and O–H groups in total. The largest absolute Gasteiger partial charge is 0.274 e. The van der Waals surface area contributed by atoms with Crippen LogP contribution in [0.5, 0.6) is 0 Å². The van der Waals surface area contributed by atoms with Crippen LogP contribution in [-0.2, 0) is 13.1 Å². The fourth-order valence-electron chi connectivity index (χ4n) is 6.21. The molecule has 5 aromatic rings. The number of rotatable bonds is 14. The first kappa shape index (κ1) is 33.0. The van der Waals surface area contributed by atoms with Crippen molar-refractivity contribution in [1.82, 2.24) is 9.13 Å².